The highest BCUT2D eigenvalue weighted by Crippen LogP contribution is 2.06. The molecule has 1 aliphatic rings. The largest absolute Gasteiger partial charge is 0.350 e. The van der Waals surface area contributed by atoms with E-state index in [4.69, 9.17) is 0 Å². The van der Waals surface area contributed by atoms with Gasteiger partial charge in [-0.1, -0.05) is 0 Å². The highest BCUT2D eigenvalue weighted by molar-refractivity contribution is 5.90. The predicted octanol–water partition coefficient (Wildman–Crippen LogP) is -0.334. The molecular formula is C11H16N4O2. The summed E-state index contributed by atoms with van der Waals surface area (Å²) in [7, 11) is 0. The van der Waals surface area contributed by atoms with Gasteiger partial charge in [0.15, 0.2) is 0 Å². The Kier molecular flexibility index (Phi) is 3.41. The van der Waals surface area contributed by atoms with E-state index in [1.54, 1.807) is 10.9 Å². The fraction of sp³-hybridized carbons (Fsp3) is 0.545. The molecule has 0 aromatic carbocycles. The van der Waals surface area contributed by atoms with E-state index in [1.807, 2.05) is 19.2 Å². The summed E-state index contributed by atoms with van der Waals surface area (Å²) in [5.41, 5.74) is 0. The Labute approximate surface area is 99.4 Å². The summed E-state index contributed by atoms with van der Waals surface area (Å²) < 4.78 is 1.76. The van der Waals surface area contributed by atoms with Gasteiger partial charge in [0.05, 0.1) is 6.54 Å². The molecule has 1 aromatic rings. The Morgan fingerprint density at radius 3 is 3.18 bits per heavy atom. The molecule has 0 unspecified atom stereocenters. The van der Waals surface area contributed by atoms with Gasteiger partial charge < -0.3 is 10.6 Å². The molecule has 92 valence electrons. The maximum absolute atomic E-state index is 11.8. The number of nitrogens with zero attached hydrogens (tertiary/aromatic N) is 2. The molecule has 2 N–H and O–H groups in total. The molecule has 17 heavy (non-hydrogen) atoms. The second kappa shape index (κ2) is 4.99. The summed E-state index contributed by atoms with van der Waals surface area (Å²) in [6, 6.07) is 1.45. The summed E-state index contributed by atoms with van der Waals surface area (Å²) in [4.78, 5) is 22.8. The van der Waals surface area contributed by atoms with E-state index in [0.717, 1.165) is 0 Å². The van der Waals surface area contributed by atoms with Gasteiger partial charge in [-0.25, -0.2) is 0 Å². The van der Waals surface area contributed by atoms with Crippen molar-refractivity contribution in [3.05, 3.63) is 18.5 Å². The average Bonchev–Trinajstić information content (AvgIpc) is 2.89. The number of nitrogens with one attached hydrogen (secondary N) is 2. The number of carbonyl (C=O) groups excluding carboxylic acids is 2. The van der Waals surface area contributed by atoms with Crippen LogP contribution in [0.1, 0.15) is 19.8 Å². The second-order valence-electron chi connectivity index (χ2n) is 4.30. The molecule has 0 radical (unpaired) electrons. The second-order valence-corrected chi connectivity index (χ2v) is 4.30. The van der Waals surface area contributed by atoms with Crippen molar-refractivity contribution in [2.24, 2.45) is 0 Å². The lowest BCUT2D eigenvalue weighted by Crippen LogP contribution is -2.46. The first-order chi connectivity index (χ1) is 8.15. The van der Waals surface area contributed by atoms with Crippen LogP contribution >= 0.6 is 0 Å². The quantitative estimate of drug-likeness (QED) is 0.751. The zero-order valence-corrected chi connectivity index (χ0v) is 9.72. The highest BCUT2D eigenvalue weighted by atomic mass is 16.2. The first-order valence-electron chi connectivity index (χ1n) is 5.72. The predicted molar refractivity (Wildman–Crippen MR) is 61.0 cm³/mol. The van der Waals surface area contributed by atoms with Gasteiger partial charge in [0.2, 0.25) is 11.8 Å². The first-order valence-corrected chi connectivity index (χ1v) is 5.72. The molecule has 2 atom stereocenters. The average molecular weight is 236 g/mol. The van der Waals surface area contributed by atoms with Gasteiger partial charge >= 0.3 is 0 Å². The van der Waals surface area contributed by atoms with Crippen LogP contribution in [0.4, 0.5) is 0 Å². The van der Waals surface area contributed by atoms with Crippen LogP contribution in [0.15, 0.2) is 18.5 Å². The smallest absolute Gasteiger partial charge is 0.242 e. The van der Waals surface area contributed by atoms with Crippen molar-refractivity contribution < 1.29 is 9.59 Å². The van der Waals surface area contributed by atoms with Crippen molar-refractivity contribution in [2.75, 3.05) is 0 Å². The third-order valence-corrected chi connectivity index (χ3v) is 2.72. The topological polar surface area (TPSA) is 76.0 Å². The van der Waals surface area contributed by atoms with E-state index in [0.29, 0.717) is 19.4 Å². The Morgan fingerprint density at radius 1 is 1.76 bits per heavy atom. The van der Waals surface area contributed by atoms with Crippen molar-refractivity contribution in [1.29, 1.82) is 0 Å². The first kappa shape index (κ1) is 11.6. The third-order valence-electron chi connectivity index (χ3n) is 2.72. The molecule has 2 heterocycles. The lowest BCUT2D eigenvalue weighted by Gasteiger charge is -2.17. The zero-order valence-electron chi connectivity index (χ0n) is 9.72. The van der Waals surface area contributed by atoms with Crippen molar-refractivity contribution in [3.8, 4) is 0 Å². The van der Waals surface area contributed by atoms with Crippen LogP contribution in [-0.4, -0.2) is 33.7 Å². The van der Waals surface area contributed by atoms with Gasteiger partial charge in [0.25, 0.3) is 0 Å². The fourth-order valence-corrected chi connectivity index (χ4v) is 1.89. The molecule has 1 aromatic heterocycles. The molecule has 0 saturated carbocycles. The molecule has 6 heteroatoms. The van der Waals surface area contributed by atoms with Gasteiger partial charge in [-0.05, 0) is 19.4 Å². The Balaban J connectivity index is 1.80. The van der Waals surface area contributed by atoms with E-state index in [1.165, 1.54) is 0 Å². The van der Waals surface area contributed by atoms with Gasteiger partial charge in [-0.2, -0.15) is 5.10 Å². The number of carbonyl (C=O) groups is 2. The molecule has 1 fully saturated rings. The molecule has 1 aliphatic heterocycles. The highest BCUT2D eigenvalue weighted by Gasteiger charge is 2.27. The zero-order chi connectivity index (χ0) is 12.3. The third kappa shape index (κ3) is 3.05. The number of hydrogen-bond acceptors (Lipinski definition) is 3. The minimum Gasteiger partial charge on any atom is -0.350 e. The van der Waals surface area contributed by atoms with E-state index in [-0.39, 0.29) is 23.9 Å². The normalized spacial score (nSPS) is 21.0. The molecule has 0 bridgehead atoms. The van der Waals surface area contributed by atoms with E-state index in [2.05, 4.69) is 15.7 Å². The van der Waals surface area contributed by atoms with Crippen LogP contribution in [0.25, 0.3) is 0 Å². The van der Waals surface area contributed by atoms with Gasteiger partial charge in [-0.3, -0.25) is 14.3 Å². The minimum absolute atomic E-state index is 0.0140. The summed E-state index contributed by atoms with van der Waals surface area (Å²) >= 11 is 0. The van der Waals surface area contributed by atoms with E-state index in [9.17, 15) is 9.59 Å². The molecular weight excluding hydrogens is 220 g/mol. The number of rotatable bonds is 4. The Morgan fingerprint density at radius 2 is 2.59 bits per heavy atom. The van der Waals surface area contributed by atoms with Gasteiger partial charge in [0.1, 0.15) is 6.04 Å². The van der Waals surface area contributed by atoms with Crippen LogP contribution in [0.3, 0.4) is 0 Å². The maximum Gasteiger partial charge on any atom is 0.242 e. The molecule has 0 spiro atoms. The van der Waals surface area contributed by atoms with Gasteiger partial charge in [0, 0.05) is 24.9 Å². The van der Waals surface area contributed by atoms with Crippen molar-refractivity contribution in [3.63, 3.8) is 0 Å². The number of aromatic nitrogens is 2. The van der Waals surface area contributed by atoms with Crippen molar-refractivity contribution in [1.82, 2.24) is 20.4 Å². The van der Waals surface area contributed by atoms with Crippen LogP contribution in [0, 0.1) is 0 Å². The molecule has 2 amide bonds. The summed E-state index contributed by atoms with van der Waals surface area (Å²) in [5.74, 6) is -0.166. The standard InChI is InChI=1S/C11H16N4O2/c1-8(7-15-6-2-5-12-15)13-11(17)9-3-4-10(16)14-9/h2,5-6,8-9H,3-4,7H2,1H3,(H,13,17)(H,14,16)/t8-,9-/m1/s1. The molecule has 2 rings (SSSR count). The van der Waals surface area contributed by atoms with Crippen LogP contribution < -0.4 is 10.6 Å². The van der Waals surface area contributed by atoms with Crippen molar-refractivity contribution in [2.45, 2.75) is 38.4 Å². The van der Waals surface area contributed by atoms with Crippen LogP contribution in [-0.2, 0) is 16.1 Å². The summed E-state index contributed by atoms with van der Waals surface area (Å²) in [6.07, 6.45) is 4.57. The van der Waals surface area contributed by atoms with Gasteiger partial charge in [-0.15, -0.1) is 0 Å². The molecule has 1 saturated heterocycles. The Hall–Kier alpha value is -1.85. The Bertz CT molecular complexity index is 402. The van der Waals surface area contributed by atoms with Crippen LogP contribution in [0.2, 0.25) is 0 Å². The minimum atomic E-state index is -0.373. The molecule has 0 aliphatic carbocycles. The SMILES string of the molecule is C[C@H](Cn1cccn1)NC(=O)[C@H]1CCC(=O)N1. The van der Waals surface area contributed by atoms with E-state index < -0.39 is 0 Å². The maximum atomic E-state index is 11.8. The summed E-state index contributed by atoms with van der Waals surface area (Å²) in [5, 5.41) is 9.58. The summed E-state index contributed by atoms with van der Waals surface area (Å²) in [6.45, 7) is 2.54. The monoisotopic (exact) mass is 236 g/mol. The van der Waals surface area contributed by atoms with E-state index >= 15 is 0 Å². The van der Waals surface area contributed by atoms with Crippen LogP contribution in [0.5, 0.6) is 0 Å². The number of amides is 2. The lowest BCUT2D eigenvalue weighted by atomic mass is 10.2. The number of hydrogen-bond donors (Lipinski definition) is 2. The lowest BCUT2D eigenvalue weighted by molar-refractivity contribution is -0.126. The van der Waals surface area contributed by atoms with Crippen molar-refractivity contribution >= 4 is 11.8 Å². The molecule has 6 nitrogen and oxygen atoms in total. The fourth-order valence-electron chi connectivity index (χ4n) is 1.89.